The standard InChI is InChI=1S/C19H17F3N2O4/c1-27-16-7-6-14(28-13-4-2-12(3-5-13)19(20,21)22)9-15(16)24-18(26)11-8-17(25)23-10-11/h2-7,9,11H,8,10H2,1H3,(H,23,25)(H,24,26)/t11-/m0/s1. The Morgan fingerprint density at radius 1 is 1.14 bits per heavy atom. The predicted octanol–water partition coefficient (Wildman–Crippen LogP) is 3.58. The Bertz CT molecular complexity index is 882. The van der Waals surface area contributed by atoms with Crippen molar-refractivity contribution in [2.24, 2.45) is 5.92 Å². The lowest BCUT2D eigenvalue weighted by molar-refractivity contribution is -0.137. The van der Waals surface area contributed by atoms with E-state index in [1.165, 1.54) is 25.3 Å². The molecule has 0 saturated carbocycles. The average Bonchev–Trinajstić information content (AvgIpc) is 3.08. The van der Waals surface area contributed by atoms with Crippen molar-refractivity contribution >= 4 is 17.5 Å². The number of amides is 2. The third kappa shape index (κ3) is 4.54. The zero-order chi connectivity index (χ0) is 20.3. The van der Waals surface area contributed by atoms with Crippen molar-refractivity contribution in [3.63, 3.8) is 0 Å². The molecule has 0 bridgehead atoms. The first kappa shape index (κ1) is 19.5. The van der Waals surface area contributed by atoms with Gasteiger partial charge in [-0.3, -0.25) is 9.59 Å². The maximum absolute atomic E-state index is 12.6. The maximum atomic E-state index is 12.6. The molecular formula is C19H17F3N2O4. The quantitative estimate of drug-likeness (QED) is 0.813. The third-order valence-corrected chi connectivity index (χ3v) is 4.19. The first-order valence-corrected chi connectivity index (χ1v) is 8.37. The Hall–Kier alpha value is -3.23. The van der Waals surface area contributed by atoms with Crippen molar-refractivity contribution in [3.8, 4) is 17.2 Å². The molecule has 1 heterocycles. The van der Waals surface area contributed by atoms with Gasteiger partial charge in [-0.05, 0) is 36.4 Å². The van der Waals surface area contributed by atoms with Crippen LogP contribution in [0.15, 0.2) is 42.5 Å². The van der Waals surface area contributed by atoms with E-state index in [1.54, 1.807) is 12.1 Å². The summed E-state index contributed by atoms with van der Waals surface area (Å²) in [5, 5.41) is 5.28. The molecule has 2 amide bonds. The number of rotatable bonds is 5. The van der Waals surface area contributed by atoms with Crippen LogP contribution in [-0.4, -0.2) is 25.5 Å². The van der Waals surface area contributed by atoms with E-state index in [9.17, 15) is 22.8 Å². The van der Waals surface area contributed by atoms with Crippen molar-refractivity contribution in [3.05, 3.63) is 48.0 Å². The predicted molar refractivity (Wildman–Crippen MR) is 94.3 cm³/mol. The molecule has 6 nitrogen and oxygen atoms in total. The number of carbonyl (C=O) groups is 2. The highest BCUT2D eigenvalue weighted by atomic mass is 19.4. The molecule has 0 aromatic heterocycles. The van der Waals surface area contributed by atoms with Crippen LogP contribution in [0.5, 0.6) is 17.2 Å². The third-order valence-electron chi connectivity index (χ3n) is 4.19. The molecular weight excluding hydrogens is 377 g/mol. The molecule has 1 aliphatic rings. The van der Waals surface area contributed by atoms with Gasteiger partial charge in [-0.1, -0.05) is 0 Å². The lowest BCUT2D eigenvalue weighted by atomic mass is 10.1. The molecule has 2 aromatic rings. The molecule has 148 valence electrons. The van der Waals surface area contributed by atoms with Crippen LogP contribution in [0.1, 0.15) is 12.0 Å². The highest BCUT2D eigenvalue weighted by molar-refractivity contribution is 5.98. The SMILES string of the molecule is COc1ccc(Oc2ccc(C(F)(F)F)cc2)cc1NC(=O)[C@@H]1CNC(=O)C1. The second-order valence-corrected chi connectivity index (χ2v) is 6.18. The van der Waals surface area contributed by atoms with Crippen LogP contribution in [0.2, 0.25) is 0 Å². The van der Waals surface area contributed by atoms with Crippen molar-refractivity contribution in [1.29, 1.82) is 0 Å². The summed E-state index contributed by atoms with van der Waals surface area (Å²) in [5.74, 6) is -0.130. The molecule has 0 unspecified atom stereocenters. The lowest BCUT2D eigenvalue weighted by Crippen LogP contribution is -2.24. The molecule has 28 heavy (non-hydrogen) atoms. The van der Waals surface area contributed by atoms with E-state index in [0.717, 1.165) is 12.1 Å². The summed E-state index contributed by atoms with van der Waals surface area (Å²) in [6.07, 6.45) is -4.32. The lowest BCUT2D eigenvalue weighted by Gasteiger charge is -2.15. The Balaban J connectivity index is 1.75. The highest BCUT2D eigenvalue weighted by Gasteiger charge is 2.30. The van der Waals surface area contributed by atoms with Crippen molar-refractivity contribution in [2.45, 2.75) is 12.6 Å². The average molecular weight is 394 g/mol. The first-order valence-electron chi connectivity index (χ1n) is 8.37. The molecule has 1 fully saturated rings. The van der Waals surface area contributed by atoms with E-state index < -0.39 is 17.7 Å². The van der Waals surface area contributed by atoms with Crippen LogP contribution in [0.25, 0.3) is 0 Å². The van der Waals surface area contributed by atoms with Crippen molar-refractivity contribution in [1.82, 2.24) is 5.32 Å². The minimum Gasteiger partial charge on any atom is -0.495 e. The van der Waals surface area contributed by atoms with E-state index in [4.69, 9.17) is 9.47 Å². The van der Waals surface area contributed by atoms with E-state index >= 15 is 0 Å². The molecule has 3 rings (SSSR count). The fourth-order valence-corrected chi connectivity index (χ4v) is 2.72. The topological polar surface area (TPSA) is 76.7 Å². The number of nitrogens with one attached hydrogen (secondary N) is 2. The maximum Gasteiger partial charge on any atom is 0.416 e. The van der Waals surface area contributed by atoms with Crippen molar-refractivity contribution < 1.29 is 32.2 Å². The molecule has 2 N–H and O–H groups in total. The van der Waals surface area contributed by atoms with Gasteiger partial charge < -0.3 is 20.1 Å². The summed E-state index contributed by atoms with van der Waals surface area (Å²) < 4.78 is 48.7. The van der Waals surface area contributed by atoms with Crippen LogP contribution in [0, 0.1) is 5.92 Å². The number of hydrogen-bond donors (Lipinski definition) is 2. The van der Waals surface area contributed by atoms with Gasteiger partial charge in [0.15, 0.2) is 0 Å². The number of anilines is 1. The van der Waals surface area contributed by atoms with Gasteiger partial charge >= 0.3 is 6.18 Å². The molecule has 0 spiro atoms. The monoisotopic (exact) mass is 394 g/mol. The molecule has 9 heteroatoms. The summed E-state index contributed by atoms with van der Waals surface area (Å²) in [6.45, 7) is 0.259. The van der Waals surface area contributed by atoms with E-state index in [0.29, 0.717) is 17.2 Å². The number of methoxy groups -OCH3 is 1. The number of alkyl halides is 3. The highest BCUT2D eigenvalue weighted by Crippen LogP contribution is 2.34. The summed E-state index contributed by atoms with van der Waals surface area (Å²) in [6, 6.07) is 8.89. The minimum absolute atomic E-state index is 0.107. The summed E-state index contributed by atoms with van der Waals surface area (Å²) in [4.78, 5) is 23.6. The van der Waals surface area contributed by atoms with E-state index in [2.05, 4.69) is 10.6 Å². The Morgan fingerprint density at radius 2 is 1.82 bits per heavy atom. The van der Waals surface area contributed by atoms with Gasteiger partial charge in [0.25, 0.3) is 0 Å². The molecule has 2 aromatic carbocycles. The Morgan fingerprint density at radius 3 is 2.39 bits per heavy atom. The minimum atomic E-state index is -4.42. The van der Waals surface area contributed by atoms with Gasteiger partial charge in [-0.15, -0.1) is 0 Å². The second kappa shape index (κ2) is 7.79. The fourth-order valence-electron chi connectivity index (χ4n) is 2.72. The number of hydrogen-bond acceptors (Lipinski definition) is 4. The summed E-state index contributed by atoms with van der Waals surface area (Å²) >= 11 is 0. The van der Waals surface area contributed by atoms with Crippen LogP contribution in [0.4, 0.5) is 18.9 Å². The Labute approximate surface area is 158 Å². The summed E-state index contributed by atoms with van der Waals surface area (Å²) in [7, 11) is 1.43. The Kier molecular flexibility index (Phi) is 5.43. The molecule has 1 aliphatic heterocycles. The smallest absolute Gasteiger partial charge is 0.416 e. The van der Waals surface area contributed by atoms with Crippen LogP contribution < -0.4 is 20.1 Å². The number of carbonyl (C=O) groups excluding carboxylic acids is 2. The molecule has 1 saturated heterocycles. The summed E-state index contributed by atoms with van der Waals surface area (Å²) in [5.41, 5.74) is -0.446. The largest absolute Gasteiger partial charge is 0.495 e. The normalized spacial score (nSPS) is 16.4. The number of halogens is 3. The van der Waals surface area contributed by atoms with E-state index in [-0.39, 0.29) is 30.5 Å². The second-order valence-electron chi connectivity index (χ2n) is 6.18. The fraction of sp³-hybridized carbons (Fsp3) is 0.263. The van der Waals surface area contributed by atoms with Gasteiger partial charge in [-0.25, -0.2) is 0 Å². The van der Waals surface area contributed by atoms with Gasteiger partial charge in [0.1, 0.15) is 17.2 Å². The van der Waals surface area contributed by atoms with Gasteiger partial charge in [-0.2, -0.15) is 13.2 Å². The number of ether oxygens (including phenoxy) is 2. The molecule has 0 aliphatic carbocycles. The zero-order valence-corrected chi connectivity index (χ0v) is 14.8. The molecule has 0 radical (unpaired) electrons. The van der Waals surface area contributed by atoms with E-state index in [1.807, 2.05) is 0 Å². The zero-order valence-electron chi connectivity index (χ0n) is 14.8. The van der Waals surface area contributed by atoms with Crippen LogP contribution in [0.3, 0.4) is 0 Å². The first-order chi connectivity index (χ1) is 13.3. The van der Waals surface area contributed by atoms with Gasteiger partial charge in [0.05, 0.1) is 24.3 Å². The van der Waals surface area contributed by atoms with Crippen LogP contribution in [-0.2, 0) is 15.8 Å². The van der Waals surface area contributed by atoms with Crippen LogP contribution >= 0.6 is 0 Å². The number of benzene rings is 2. The van der Waals surface area contributed by atoms with Crippen molar-refractivity contribution in [2.75, 3.05) is 19.0 Å². The molecule has 1 atom stereocenters. The van der Waals surface area contributed by atoms with Gasteiger partial charge in [0, 0.05) is 19.0 Å². The van der Waals surface area contributed by atoms with Gasteiger partial charge in [0.2, 0.25) is 11.8 Å².